The minimum atomic E-state index is -3.03. The molecule has 3 rings (SSSR count). The Balaban J connectivity index is 2.03. The van der Waals surface area contributed by atoms with Crippen molar-refractivity contribution in [3.05, 3.63) is 29.6 Å². The number of rotatable bonds is 2. The predicted octanol–water partition coefficient (Wildman–Crippen LogP) is 3.56. The highest BCUT2D eigenvalue weighted by Crippen LogP contribution is 2.53. The van der Waals surface area contributed by atoms with Crippen molar-refractivity contribution in [2.24, 2.45) is 10.9 Å². The number of nitrogen functional groups attached to an aromatic ring is 1. The molecular formula is C18H22F3N3O3. The van der Waals surface area contributed by atoms with E-state index in [1.165, 1.54) is 6.07 Å². The zero-order valence-corrected chi connectivity index (χ0v) is 15.3. The van der Waals surface area contributed by atoms with Crippen molar-refractivity contribution in [3.63, 3.8) is 0 Å². The molecule has 3 N–H and O–H groups in total. The fourth-order valence-electron chi connectivity index (χ4n) is 3.42. The van der Waals surface area contributed by atoms with Gasteiger partial charge in [-0.25, -0.2) is 28.3 Å². The number of amides is 1. The van der Waals surface area contributed by atoms with E-state index in [2.05, 4.69) is 10.3 Å². The van der Waals surface area contributed by atoms with Crippen LogP contribution in [0.5, 0.6) is 0 Å². The molecule has 1 aliphatic heterocycles. The first-order valence-corrected chi connectivity index (χ1v) is 8.63. The Morgan fingerprint density at radius 2 is 2.11 bits per heavy atom. The number of alkyl halides is 2. The molecule has 0 bridgehead atoms. The normalized spacial score (nSPS) is 27.1. The molecule has 1 aromatic rings. The van der Waals surface area contributed by atoms with Gasteiger partial charge in [-0.1, -0.05) is 0 Å². The molecule has 3 atom stereocenters. The highest BCUT2D eigenvalue weighted by atomic mass is 19.3. The number of alkyl carbamates (subject to hydrolysis) is 1. The summed E-state index contributed by atoms with van der Waals surface area (Å²) in [5.41, 5.74) is 2.55. The number of halogens is 3. The fourth-order valence-corrected chi connectivity index (χ4v) is 3.42. The van der Waals surface area contributed by atoms with E-state index in [0.717, 1.165) is 12.1 Å². The van der Waals surface area contributed by atoms with Crippen LogP contribution in [0, 0.1) is 11.7 Å². The molecule has 9 heteroatoms. The molecule has 0 radical (unpaired) electrons. The van der Waals surface area contributed by atoms with Crippen molar-refractivity contribution in [1.82, 2.24) is 5.32 Å². The lowest BCUT2D eigenvalue weighted by Crippen LogP contribution is -2.58. The number of fused-ring (bicyclic) bond motifs is 1. The van der Waals surface area contributed by atoms with Gasteiger partial charge in [-0.2, -0.15) is 0 Å². The Morgan fingerprint density at radius 3 is 2.67 bits per heavy atom. The van der Waals surface area contributed by atoms with E-state index < -0.39 is 47.5 Å². The van der Waals surface area contributed by atoms with Crippen molar-refractivity contribution in [1.29, 1.82) is 0 Å². The van der Waals surface area contributed by atoms with Crippen molar-refractivity contribution >= 4 is 17.8 Å². The second-order valence-corrected chi connectivity index (χ2v) is 7.75. The van der Waals surface area contributed by atoms with Crippen LogP contribution in [0.4, 0.5) is 23.7 Å². The molecule has 27 heavy (non-hydrogen) atoms. The van der Waals surface area contributed by atoms with Crippen LogP contribution in [0.2, 0.25) is 0 Å². The second-order valence-electron chi connectivity index (χ2n) is 7.75. The third-order valence-corrected chi connectivity index (χ3v) is 4.69. The molecule has 0 aromatic heterocycles. The summed E-state index contributed by atoms with van der Waals surface area (Å²) in [6.45, 7) is 4.97. The molecule has 1 amide bonds. The number of benzene rings is 1. The van der Waals surface area contributed by atoms with Crippen molar-refractivity contribution < 1.29 is 27.4 Å². The van der Waals surface area contributed by atoms with Crippen LogP contribution in [0.1, 0.15) is 39.2 Å². The number of hydrogen-bond acceptors (Lipinski definition) is 5. The summed E-state index contributed by atoms with van der Waals surface area (Å²) in [4.78, 5) is 16.0. The van der Waals surface area contributed by atoms with Gasteiger partial charge in [0.2, 0.25) is 0 Å². The molecule has 1 fully saturated rings. The average molecular weight is 385 g/mol. The molecule has 3 unspecified atom stereocenters. The van der Waals surface area contributed by atoms with Crippen LogP contribution >= 0.6 is 0 Å². The zero-order chi connectivity index (χ0) is 20.0. The van der Waals surface area contributed by atoms with Gasteiger partial charge in [0.15, 0.2) is 5.54 Å². The Kier molecular flexibility index (Phi) is 4.73. The van der Waals surface area contributed by atoms with E-state index in [4.69, 9.17) is 15.2 Å². The number of hydrogen-bond donors (Lipinski definition) is 2. The van der Waals surface area contributed by atoms with E-state index in [1.807, 2.05) is 0 Å². The molecule has 0 spiro atoms. The Labute approximate surface area is 154 Å². The third kappa shape index (κ3) is 3.54. The summed E-state index contributed by atoms with van der Waals surface area (Å²) in [6.07, 6.45) is -3.64. The summed E-state index contributed by atoms with van der Waals surface area (Å²) in [7, 11) is 0. The van der Waals surface area contributed by atoms with Gasteiger partial charge in [0, 0.05) is 17.2 Å². The lowest BCUT2D eigenvalue weighted by molar-refractivity contribution is -0.0964. The summed E-state index contributed by atoms with van der Waals surface area (Å²) in [5, 5.41) is 2.25. The van der Waals surface area contributed by atoms with Gasteiger partial charge in [0.05, 0.1) is 0 Å². The summed E-state index contributed by atoms with van der Waals surface area (Å²) in [6, 6.07) is 3.08. The number of nitrogens with one attached hydrogen (secondary N) is 1. The molecule has 0 saturated heterocycles. The SMILES string of the molecule is CC(C)(C)OC(=O)NC1=NC(c2cc(N)ccc2F)(C(F)F)C2CCC2O1. The van der Waals surface area contributed by atoms with Crippen LogP contribution in [0.15, 0.2) is 23.2 Å². The largest absolute Gasteiger partial charge is 0.461 e. The van der Waals surface area contributed by atoms with Crippen molar-refractivity contribution in [3.8, 4) is 0 Å². The summed E-state index contributed by atoms with van der Waals surface area (Å²) >= 11 is 0. The Bertz CT molecular complexity index is 779. The number of amidine groups is 1. The topological polar surface area (TPSA) is 85.9 Å². The number of carbonyl (C=O) groups is 1. The third-order valence-electron chi connectivity index (χ3n) is 4.69. The molecule has 2 aliphatic rings. The second kappa shape index (κ2) is 6.61. The Hall–Kier alpha value is -2.45. The minimum Gasteiger partial charge on any atom is -0.461 e. The monoisotopic (exact) mass is 385 g/mol. The number of nitrogens with two attached hydrogens (primary N) is 1. The van der Waals surface area contributed by atoms with Crippen molar-refractivity contribution in [2.75, 3.05) is 5.73 Å². The molecule has 1 aromatic carbocycles. The average Bonchev–Trinajstić information content (AvgIpc) is 2.49. The maximum Gasteiger partial charge on any atom is 0.415 e. The first kappa shape index (κ1) is 19.3. The summed E-state index contributed by atoms with van der Waals surface area (Å²) in [5.74, 6) is -1.56. The molecule has 1 aliphatic carbocycles. The smallest absolute Gasteiger partial charge is 0.415 e. The molecule has 1 saturated carbocycles. The lowest BCUT2D eigenvalue weighted by Gasteiger charge is -2.50. The molecular weight excluding hydrogens is 363 g/mol. The van der Waals surface area contributed by atoms with Gasteiger partial charge in [-0.05, 0) is 51.8 Å². The molecule has 1 heterocycles. The van der Waals surface area contributed by atoms with Crippen LogP contribution in [-0.2, 0) is 15.0 Å². The fraction of sp³-hybridized carbons (Fsp3) is 0.556. The number of aliphatic imine (C=N–C) groups is 1. The number of carbonyl (C=O) groups excluding carboxylic acids is 1. The molecule has 148 valence electrons. The van der Waals surface area contributed by atoms with Gasteiger partial charge in [-0.3, -0.25) is 0 Å². The predicted molar refractivity (Wildman–Crippen MR) is 92.9 cm³/mol. The van der Waals surface area contributed by atoms with Crippen LogP contribution in [0.3, 0.4) is 0 Å². The molecule has 6 nitrogen and oxygen atoms in total. The van der Waals surface area contributed by atoms with E-state index in [0.29, 0.717) is 12.8 Å². The van der Waals surface area contributed by atoms with Gasteiger partial charge in [0.1, 0.15) is 17.5 Å². The first-order chi connectivity index (χ1) is 12.5. The van der Waals surface area contributed by atoms with E-state index in [9.17, 15) is 18.0 Å². The van der Waals surface area contributed by atoms with Gasteiger partial charge >= 0.3 is 6.09 Å². The van der Waals surface area contributed by atoms with Crippen LogP contribution < -0.4 is 11.1 Å². The maximum absolute atomic E-state index is 14.5. The van der Waals surface area contributed by atoms with Gasteiger partial charge in [0.25, 0.3) is 12.4 Å². The first-order valence-electron chi connectivity index (χ1n) is 8.63. The summed E-state index contributed by atoms with van der Waals surface area (Å²) < 4.78 is 53.7. The number of ether oxygens (including phenoxy) is 2. The minimum absolute atomic E-state index is 0.144. The quantitative estimate of drug-likeness (QED) is 0.763. The lowest BCUT2D eigenvalue weighted by atomic mass is 9.65. The van der Waals surface area contributed by atoms with Crippen LogP contribution in [-0.4, -0.2) is 30.2 Å². The number of anilines is 1. The number of nitrogens with zero attached hydrogens (tertiary/aromatic N) is 1. The van der Waals surface area contributed by atoms with Gasteiger partial charge < -0.3 is 15.2 Å². The Morgan fingerprint density at radius 1 is 1.41 bits per heavy atom. The zero-order valence-electron chi connectivity index (χ0n) is 15.3. The maximum atomic E-state index is 14.5. The van der Waals surface area contributed by atoms with E-state index in [1.54, 1.807) is 20.8 Å². The van der Waals surface area contributed by atoms with E-state index >= 15 is 0 Å². The standard InChI is InChI=1S/C18H22F3N3O3/c1-17(2,3)27-16(25)23-15-24-18(14(20)21,10-5-7-13(10)26-15)11-8-9(22)4-6-12(11)19/h4,6,8,10,13-14H,5,7,22H2,1-3H3,(H,23,24,25). The van der Waals surface area contributed by atoms with Crippen LogP contribution in [0.25, 0.3) is 0 Å². The highest BCUT2D eigenvalue weighted by Gasteiger charge is 2.60. The van der Waals surface area contributed by atoms with E-state index in [-0.39, 0.29) is 11.3 Å². The van der Waals surface area contributed by atoms with Crippen molar-refractivity contribution in [2.45, 2.75) is 57.3 Å². The highest BCUT2D eigenvalue weighted by molar-refractivity contribution is 5.91. The van der Waals surface area contributed by atoms with Gasteiger partial charge in [-0.15, -0.1) is 0 Å².